The number of nitrogens with one attached hydrogen (secondary N) is 1. The van der Waals surface area contributed by atoms with E-state index < -0.39 is 46.5 Å². The van der Waals surface area contributed by atoms with E-state index >= 15 is 0 Å². The Labute approximate surface area is 141 Å². The third-order valence-corrected chi connectivity index (χ3v) is 6.66. The zero-order chi connectivity index (χ0) is 15.1. The van der Waals surface area contributed by atoms with Gasteiger partial charge in [0.05, 0.1) is 26.9 Å². The van der Waals surface area contributed by atoms with E-state index in [0.717, 1.165) is 12.5 Å². The van der Waals surface area contributed by atoms with Gasteiger partial charge in [-0.1, -0.05) is 0 Å². The third kappa shape index (κ3) is 6.26. The number of hydrogen-bond acceptors (Lipinski definition) is 7. The average Bonchev–Trinajstić information content (AvgIpc) is 2.11. The Balaban J connectivity index is 0.00000361. The fraction of sp³-hybridized carbons (Fsp3) is 1.00. The normalized spacial score (nSPS) is 28.6. The molecule has 0 heterocycles. The Hall–Kier alpha value is 0.770. The molecule has 1 aliphatic rings. The van der Waals surface area contributed by atoms with Crippen LogP contribution in [0.25, 0.3) is 0 Å². The summed E-state index contributed by atoms with van der Waals surface area (Å²) in [5.41, 5.74) is 0. The number of sulfone groups is 1. The Morgan fingerprint density at radius 1 is 1.00 bits per heavy atom. The molecule has 0 saturated heterocycles. The molecule has 0 radical (unpaired) electrons. The Bertz CT molecular complexity index is 640. The molecule has 0 aliphatic heterocycles. The maximum absolute atomic E-state index is 11.6. The number of hydrogen-bond donors (Lipinski definition) is 1. The van der Waals surface area contributed by atoms with Crippen molar-refractivity contribution < 1.29 is 59.4 Å². The van der Waals surface area contributed by atoms with Crippen molar-refractivity contribution in [3.63, 3.8) is 0 Å². The van der Waals surface area contributed by atoms with Crippen molar-refractivity contribution in [1.82, 2.24) is 4.72 Å². The van der Waals surface area contributed by atoms with E-state index in [9.17, 15) is 29.8 Å². The molecule has 3 unspecified atom stereocenters. The molecule has 3 atom stereocenters. The van der Waals surface area contributed by atoms with Gasteiger partial charge in [0, 0.05) is 12.3 Å². The number of rotatable bonds is 4. The Morgan fingerprint density at radius 2 is 1.50 bits per heavy atom. The summed E-state index contributed by atoms with van der Waals surface area (Å²) in [4.78, 5) is 0. The first-order valence-electron chi connectivity index (χ1n) is 5.41. The van der Waals surface area contributed by atoms with Crippen LogP contribution in [0.4, 0.5) is 0 Å². The summed E-state index contributed by atoms with van der Waals surface area (Å²) in [5.74, 6) is 0. The molecule has 0 aromatic rings. The van der Waals surface area contributed by atoms with Gasteiger partial charge in [-0.2, -0.15) is 0 Å². The second-order valence-corrected chi connectivity index (χ2v) is 10.5. The van der Waals surface area contributed by atoms with E-state index in [-0.39, 0.29) is 48.8 Å². The van der Waals surface area contributed by atoms with E-state index in [2.05, 4.69) is 4.72 Å². The average molecular weight is 357 g/mol. The fourth-order valence-corrected chi connectivity index (χ4v) is 5.53. The molecule has 0 bridgehead atoms. The molecule has 1 aliphatic carbocycles. The molecule has 1 fully saturated rings. The largest absolute Gasteiger partial charge is 1.00 e. The van der Waals surface area contributed by atoms with Crippen molar-refractivity contribution in [2.24, 2.45) is 0 Å². The number of sulfonamides is 1. The van der Waals surface area contributed by atoms with Gasteiger partial charge in [-0.05, 0) is 19.3 Å². The van der Waals surface area contributed by atoms with Crippen molar-refractivity contribution >= 4 is 30.0 Å². The molecule has 1 saturated carbocycles. The van der Waals surface area contributed by atoms with Gasteiger partial charge in [0.15, 0.2) is 9.84 Å². The van der Waals surface area contributed by atoms with E-state index in [1.165, 1.54) is 0 Å². The zero-order valence-electron chi connectivity index (χ0n) is 11.4. The maximum Gasteiger partial charge on any atom is 1.00 e. The SMILES string of the molecule is CS(=O)(=O)NC1CCC(S(=O)(=O)[O-])CC1S(C)(=O)=O.[Na+]. The van der Waals surface area contributed by atoms with E-state index in [4.69, 9.17) is 0 Å². The smallest absolute Gasteiger partial charge is 0.748 e. The molecule has 1 N–H and O–H groups in total. The van der Waals surface area contributed by atoms with Gasteiger partial charge in [-0.3, -0.25) is 0 Å². The van der Waals surface area contributed by atoms with Crippen LogP contribution in [-0.4, -0.2) is 58.9 Å². The van der Waals surface area contributed by atoms with E-state index in [0.29, 0.717) is 0 Å². The maximum atomic E-state index is 11.6. The van der Waals surface area contributed by atoms with Gasteiger partial charge in [-0.25, -0.2) is 30.0 Å². The molecule has 12 heteroatoms. The van der Waals surface area contributed by atoms with Gasteiger partial charge in [0.25, 0.3) is 0 Å². The van der Waals surface area contributed by atoms with Gasteiger partial charge >= 0.3 is 29.6 Å². The standard InChI is InChI=1S/C8H17NO7S3.Na/c1-17(10,11)8-5-6(19(14,15)16)3-4-7(8)9-18(2,12)13;/h6-9H,3-5H2,1-2H3,(H,14,15,16);/q;+1/p-1. The summed E-state index contributed by atoms with van der Waals surface area (Å²) in [6.45, 7) is 0. The van der Waals surface area contributed by atoms with Crippen LogP contribution in [0.15, 0.2) is 0 Å². The third-order valence-electron chi connectivity index (χ3n) is 3.07. The van der Waals surface area contributed by atoms with Crippen molar-refractivity contribution in [2.75, 3.05) is 12.5 Å². The first-order valence-corrected chi connectivity index (χ1v) is 10.7. The first kappa shape index (κ1) is 20.8. The molecule has 0 aromatic carbocycles. The quantitative estimate of drug-likeness (QED) is 0.395. The van der Waals surface area contributed by atoms with Crippen molar-refractivity contribution in [3.05, 3.63) is 0 Å². The fourth-order valence-electron chi connectivity index (χ4n) is 2.24. The molecule has 20 heavy (non-hydrogen) atoms. The Kier molecular flexibility index (Phi) is 7.17. The molecule has 0 aromatic heterocycles. The molecular formula is C8H16NNaO7S3. The summed E-state index contributed by atoms with van der Waals surface area (Å²) in [6.07, 6.45) is 1.36. The minimum atomic E-state index is -4.58. The zero-order valence-corrected chi connectivity index (χ0v) is 15.9. The summed E-state index contributed by atoms with van der Waals surface area (Å²) in [6, 6.07) is -0.900. The molecule has 1 rings (SSSR count). The molecule has 0 spiro atoms. The van der Waals surface area contributed by atoms with Crippen LogP contribution < -0.4 is 34.3 Å². The van der Waals surface area contributed by atoms with Crippen molar-refractivity contribution in [2.45, 2.75) is 35.8 Å². The van der Waals surface area contributed by atoms with Crippen LogP contribution in [-0.2, 0) is 30.0 Å². The van der Waals surface area contributed by atoms with E-state index in [1.807, 2.05) is 0 Å². The molecule has 0 amide bonds. The van der Waals surface area contributed by atoms with Crippen LogP contribution in [0.3, 0.4) is 0 Å². The topological polar surface area (TPSA) is 138 Å². The van der Waals surface area contributed by atoms with Crippen LogP contribution in [0.1, 0.15) is 19.3 Å². The molecule has 8 nitrogen and oxygen atoms in total. The second-order valence-electron chi connectivity index (χ2n) is 4.79. The van der Waals surface area contributed by atoms with Crippen LogP contribution >= 0.6 is 0 Å². The summed E-state index contributed by atoms with van der Waals surface area (Å²) in [5, 5.41) is -2.49. The minimum absolute atomic E-state index is 0. The molecule has 114 valence electrons. The predicted octanol–water partition coefficient (Wildman–Crippen LogP) is -4.58. The predicted molar refractivity (Wildman–Crippen MR) is 67.7 cm³/mol. The van der Waals surface area contributed by atoms with Crippen molar-refractivity contribution in [1.29, 1.82) is 0 Å². The minimum Gasteiger partial charge on any atom is -0.748 e. The van der Waals surface area contributed by atoms with Crippen molar-refractivity contribution in [3.8, 4) is 0 Å². The molecular weight excluding hydrogens is 341 g/mol. The first-order chi connectivity index (χ1) is 8.31. The van der Waals surface area contributed by atoms with Gasteiger partial charge in [0.2, 0.25) is 10.0 Å². The Morgan fingerprint density at radius 3 is 1.85 bits per heavy atom. The second kappa shape index (κ2) is 6.90. The van der Waals surface area contributed by atoms with E-state index in [1.54, 1.807) is 0 Å². The summed E-state index contributed by atoms with van der Waals surface area (Å²) >= 11 is 0. The van der Waals surface area contributed by atoms with Gasteiger partial charge < -0.3 is 4.55 Å². The van der Waals surface area contributed by atoms with Crippen LogP contribution in [0.5, 0.6) is 0 Å². The van der Waals surface area contributed by atoms with Crippen LogP contribution in [0.2, 0.25) is 0 Å². The summed E-state index contributed by atoms with van der Waals surface area (Å²) in [7, 11) is -11.9. The van der Waals surface area contributed by atoms with Gasteiger partial charge in [0.1, 0.15) is 0 Å². The van der Waals surface area contributed by atoms with Gasteiger partial charge in [-0.15, -0.1) is 0 Å². The monoisotopic (exact) mass is 357 g/mol. The van der Waals surface area contributed by atoms with Crippen LogP contribution in [0, 0.1) is 0 Å². The summed E-state index contributed by atoms with van der Waals surface area (Å²) < 4.78 is 80.6.